The van der Waals surface area contributed by atoms with Gasteiger partial charge in [0, 0.05) is 17.7 Å². The average Bonchev–Trinajstić information content (AvgIpc) is 3.76. The van der Waals surface area contributed by atoms with Gasteiger partial charge in [0.1, 0.15) is 36.5 Å². The first kappa shape index (κ1) is 42.6. The van der Waals surface area contributed by atoms with Gasteiger partial charge in [0.15, 0.2) is 0 Å². The van der Waals surface area contributed by atoms with Crippen molar-refractivity contribution in [3.05, 3.63) is 171 Å². The van der Waals surface area contributed by atoms with Crippen molar-refractivity contribution < 1.29 is 48.2 Å². The lowest BCUT2D eigenvalue weighted by Gasteiger charge is -2.46. The largest absolute Gasteiger partial charge is 0.491 e. The Morgan fingerprint density at radius 3 is 2.20 bits per heavy atom. The van der Waals surface area contributed by atoms with Gasteiger partial charge in [-0.05, 0) is 70.3 Å². The van der Waals surface area contributed by atoms with Crippen molar-refractivity contribution >= 4 is 41.3 Å². The van der Waals surface area contributed by atoms with E-state index in [1.807, 2.05) is 36.4 Å². The topological polar surface area (TPSA) is 247 Å². The van der Waals surface area contributed by atoms with Crippen molar-refractivity contribution in [2.75, 3.05) is 24.7 Å². The Kier molecular flexibility index (Phi) is 11.8. The Bertz CT molecular complexity index is 2710. The molecule has 2 saturated heterocycles. The summed E-state index contributed by atoms with van der Waals surface area (Å²) < 4.78 is 17.9. The zero-order valence-electron chi connectivity index (χ0n) is 33.9. The number of rotatable bonds is 11. The number of nitrogens with two attached hydrogens (primary N) is 2. The summed E-state index contributed by atoms with van der Waals surface area (Å²) in [5, 5.41) is 23.3. The van der Waals surface area contributed by atoms with E-state index in [1.54, 1.807) is 59.5 Å². The second-order valence-electron chi connectivity index (χ2n) is 15.2. The molecule has 17 heteroatoms. The van der Waals surface area contributed by atoms with E-state index in [-0.39, 0.29) is 36.7 Å². The highest BCUT2D eigenvalue weighted by molar-refractivity contribution is 6.23. The SMILES string of the molecule is NC(=O)NCC#Cc1ccc2c(c1)C1(C(=O)N2C(=O)OCc2ccc([N+](=O)[O-])cc2)C(C(N)=O)C2C(=O)OC(c3ccccc3)C(c3ccccc3)N2C1c1cccc(OCCO)c1. The van der Waals surface area contributed by atoms with Crippen LogP contribution in [0.2, 0.25) is 0 Å². The molecule has 1 spiro atoms. The van der Waals surface area contributed by atoms with E-state index >= 15 is 4.79 Å². The number of aliphatic hydroxyl groups excluding tert-OH is 1. The number of aliphatic hydroxyl groups is 1. The molecule has 5 aromatic rings. The summed E-state index contributed by atoms with van der Waals surface area (Å²) in [4.78, 5) is 84.5. The number of esters is 1. The van der Waals surface area contributed by atoms with E-state index in [1.165, 1.54) is 36.4 Å². The zero-order valence-corrected chi connectivity index (χ0v) is 33.9. The van der Waals surface area contributed by atoms with Gasteiger partial charge < -0.3 is 36.1 Å². The molecule has 6 N–H and O–H groups in total. The molecule has 5 amide bonds. The lowest BCUT2D eigenvalue weighted by Crippen LogP contribution is -2.55. The van der Waals surface area contributed by atoms with Gasteiger partial charge in [-0.3, -0.25) is 29.4 Å². The molecular formula is C47H40N6O11. The number of hydrogen-bond donors (Lipinski definition) is 4. The van der Waals surface area contributed by atoms with Crippen molar-refractivity contribution in [3.8, 4) is 17.6 Å². The molecule has 0 aliphatic carbocycles. The van der Waals surface area contributed by atoms with E-state index < -0.39 is 77.0 Å². The first-order chi connectivity index (χ1) is 30.9. The number of amides is 5. The number of nitro benzene ring substituents is 1. The number of nitrogens with zero attached hydrogens (tertiary/aromatic N) is 3. The van der Waals surface area contributed by atoms with E-state index in [0.29, 0.717) is 33.6 Å². The van der Waals surface area contributed by atoms with Crippen molar-refractivity contribution in [2.45, 2.75) is 36.3 Å². The average molecular weight is 865 g/mol. The fourth-order valence-corrected chi connectivity index (χ4v) is 9.13. The lowest BCUT2D eigenvalue weighted by atomic mass is 9.65. The summed E-state index contributed by atoms with van der Waals surface area (Å²) in [6, 6.07) is 30.2. The van der Waals surface area contributed by atoms with Gasteiger partial charge in [-0.25, -0.2) is 14.5 Å². The van der Waals surface area contributed by atoms with Crippen molar-refractivity contribution in [1.29, 1.82) is 0 Å². The van der Waals surface area contributed by atoms with Crippen LogP contribution in [0.15, 0.2) is 127 Å². The minimum Gasteiger partial charge on any atom is -0.491 e. The molecule has 0 aromatic heterocycles. The first-order valence-electron chi connectivity index (χ1n) is 20.1. The van der Waals surface area contributed by atoms with Gasteiger partial charge in [0.25, 0.3) is 5.69 Å². The fourth-order valence-electron chi connectivity index (χ4n) is 9.13. The minimum atomic E-state index is -2.19. The van der Waals surface area contributed by atoms with Crippen LogP contribution < -0.4 is 26.4 Å². The van der Waals surface area contributed by atoms with Crippen LogP contribution in [0, 0.1) is 27.9 Å². The number of urea groups is 1. The van der Waals surface area contributed by atoms with Gasteiger partial charge >= 0.3 is 18.1 Å². The zero-order chi connectivity index (χ0) is 45.1. The standard InChI is InChI=1S/C47H40N6O11/c48-42(55)37-39-43(56)64-40(31-12-5-2-6-13-31)38(30-10-3-1-4-11-30)52(39)41(32-14-7-15-34(26-32)62-24-23-54)47(37)35-25-28(9-8-22-50-45(49)58)18-21-36(35)51(44(47)57)46(59)63-27-29-16-19-33(20-17-29)53(60)61/h1-7,10-21,25-26,37-41,54H,22-24,27H2,(H2,48,55)(H3,49,50,58). The Labute approximate surface area is 365 Å². The monoisotopic (exact) mass is 864 g/mol. The molecule has 3 heterocycles. The Hall–Kier alpha value is -8.07. The summed E-state index contributed by atoms with van der Waals surface area (Å²) in [5.74, 6) is 1.50. The molecule has 8 rings (SSSR count). The number of carbonyl (C=O) groups is 5. The molecular weight excluding hydrogens is 825 g/mol. The molecule has 5 aromatic carbocycles. The summed E-state index contributed by atoms with van der Waals surface area (Å²) >= 11 is 0. The van der Waals surface area contributed by atoms with Gasteiger partial charge in [-0.1, -0.05) is 84.6 Å². The molecule has 6 unspecified atom stereocenters. The third-order valence-corrected chi connectivity index (χ3v) is 11.6. The number of non-ortho nitro benzene ring substituents is 1. The third-order valence-electron chi connectivity index (χ3n) is 11.6. The van der Waals surface area contributed by atoms with Crippen molar-refractivity contribution in [3.63, 3.8) is 0 Å². The van der Waals surface area contributed by atoms with E-state index in [2.05, 4.69) is 17.2 Å². The predicted octanol–water partition coefficient (Wildman–Crippen LogP) is 4.47. The highest BCUT2D eigenvalue weighted by atomic mass is 16.6. The summed E-state index contributed by atoms with van der Waals surface area (Å²) in [6.07, 6.45) is -2.14. The maximum Gasteiger partial charge on any atom is 0.421 e. The van der Waals surface area contributed by atoms with Crippen LogP contribution in [0.25, 0.3) is 0 Å². The number of imide groups is 1. The number of anilines is 1. The molecule has 324 valence electrons. The second-order valence-corrected chi connectivity index (χ2v) is 15.2. The van der Waals surface area contributed by atoms with Gasteiger partial charge in [-0.2, -0.15) is 0 Å². The van der Waals surface area contributed by atoms with Gasteiger partial charge in [-0.15, -0.1) is 0 Å². The van der Waals surface area contributed by atoms with E-state index in [0.717, 1.165) is 4.90 Å². The summed E-state index contributed by atoms with van der Waals surface area (Å²) in [6.45, 7) is -0.917. The van der Waals surface area contributed by atoms with Crippen LogP contribution in [0.3, 0.4) is 0 Å². The van der Waals surface area contributed by atoms with Crippen LogP contribution in [-0.2, 0) is 35.9 Å². The molecule has 3 aliphatic heterocycles. The molecule has 3 aliphatic rings. The molecule has 64 heavy (non-hydrogen) atoms. The predicted molar refractivity (Wildman–Crippen MR) is 228 cm³/mol. The van der Waals surface area contributed by atoms with Crippen molar-refractivity contribution in [1.82, 2.24) is 10.2 Å². The van der Waals surface area contributed by atoms with Gasteiger partial charge in [0.05, 0.1) is 41.8 Å². The number of fused-ring (bicyclic) bond motifs is 3. The third kappa shape index (κ3) is 7.61. The minimum absolute atomic E-state index is 0.00697. The van der Waals surface area contributed by atoms with Crippen LogP contribution in [0.1, 0.15) is 51.6 Å². The molecule has 6 atom stereocenters. The molecule has 2 fully saturated rings. The number of benzene rings is 5. The van der Waals surface area contributed by atoms with E-state index in [9.17, 15) is 34.4 Å². The maximum atomic E-state index is 16.0. The first-order valence-corrected chi connectivity index (χ1v) is 20.1. The molecule has 0 radical (unpaired) electrons. The maximum absolute atomic E-state index is 16.0. The summed E-state index contributed by atoms with van der Waals surface area (Å²) in [5.41, 5.74) is 11.8. The molecule has 0 saturated carbocycles. The molecule has 17 nitrogen and oxygen atoms in total. The Balaban J connectivity index is 1.38. The van der Waals surface area contributed by atoms with Crippen LogP contribution in [-0.4, -0.2) is 70.6 Å². The van der Waals surface area contributed by atoms with Crippen LogP contribution >= 0.6 is 0 Å². The highest BCUT2D eigenvalue weighted by Gasteiger charge is 2.75. The Morgan fingerprint density at radius 1 is 0.859 bits per heavy atom. The van der Waals surface area contributed by atoms with Crippen LogP contribution in [0.5, 0.6) is 5.75 Å². The smallest absolute Gasteiger partial charge is 0.421 e. The quantitative estimate of drug-likeness (QED) is 0.0622. The summed E-state index contributed by atoms with van der Waals surface area (Å²) in [7, 11) is 0. The number of hydrogen-bond acceptors (Lipinski definition) is 12. The number of cyclic esters (lactones) is 1. The van der Waals surface area contributed by atoms with Crippen molar-refractivity contribution in [2.24, 2.45) is 17.4 Å². The number of morpholine rings is 1. The second kappa shape index (κ2) is 17.7. The van der Waals surface area contributed by atoms with E-state index in [4.69, 9.17) is 25.7 Å². The molecule has 0 bridgehead atoms. The number of nitrogens with one attached hydrogen (secondary N) is 1. The normalized spacial score (nSPS) is 22.1. The van der Waals surface area contributed by atoms with Crippen LogP contribution in [0.4, 0.5) is 21.0 Å². The number of carbonyl (C=O) groups excluding carboxylic acids is 5. The highest BCUT2D eigenvalue weighted by Crippen LogP contribution is 2.66. The van der Waals surface area contributed by atoms with Gasteiger partial charge in [0.2, 0.25) is 11.8 Å². The number of primary amides is 2. The Morgan fingerprint density at radius 2 is 1.55 bits per heavy atom. The number of ether oxygens (including phenoxy) is 3. The fraction of sp³-hybridized carbons (Fsp3) is 0.213. The number of nitro groups is 1. The lowest BCUT2D eigenvalue weighted by molar-refractivity contribution is -0.384.